The molecule has 1 heterocycles. The third kappa shape index (κ3) is 4.16. The molecule has 0 saturated heterocycles. The van der Waals surface area contributed by atoms with Gasteiger partial charge in [-0.2, -0.15) is 4.98 Å². The number of halogens is 1. The van der Waals surface area contributed by atoms with Crippen molar-refractivity contribution in [3.8, 4) is 5.75 Å². The lowest BCUT2D eigenvalue weighted by molar-refractivity contribution is 0.102. The fourth-order valence-electron chi connectivity index (χ4n) is 2.19. The lowest BCUT2D eigenvalue weighted by Crippen LogP contribution is -2.14. The fourth-order valence-corrected chi connectivity index (χ4v) is 2.37. The summed E-state index contributed by atoms with van der Waals surface area (Å²) in [5, 5.41) is 7.17. The average Bonchev–Trinajstić information content (AvgIpc) is 3.02. The van der Waals surface area contributed by atoms with E-state index in [0.717, 1.165) is 5.56 Å². The van der Waals surface area contributed by atoms with E-state index in [4.69, 9.17) is 20.9 Å². The molecule has 2 aromatic carbocycles. The summed E-state index contributed by atoms with van der Waals surface area (Å²) >= 11 is 6.10. The third-order valence-corrected chi connectivity index (χ3v) is 3.89. The van der Waals surface area contributed by atoms with Gasteiger partial charge in [-0.15, -0.1) is 0 Å². The van der Waals surface area contributed by atoms with E-state index in [1.54, 1.807) is 43.3 Å². The molecule has 6 nitrogen and oxygen atoms in total. The zero-order valence-corrected chi connectivity index (χ0v) is 14.5. The molecule has 0 spiro atoms. The van der Waals surface area contributed by atoms with Gasteiger partial charge in [0.1, 0.15) is 5.75 Å². The van der Waals surface area contributed by atoms with Crippen molar-refractivity contribution >= 4 is 23.2 Å². The van der Waals surface area contributed by atoms with Crippen LogP contribution in [0, 0.1) is 13.8 Å². The van der Waals surface area contributed by atoms with E-state index in [1.807, 2.05) is 13.0 Å². The number of hydrogen-bond acceptors (Lipinski definition) is 5. The Balaban J connectivity index is 1.74. The molecule has 0 aliphatic rings. The van der Waals surface area contributed by atoms with Crippen molar-refractivity contribution in [1.82, 2.24) is 10.1 Å². The second kappa shape index (κ2) is 7.36. The van der Waals surface area contributed by atoms with Crippen LogP contribution in [0.5, 0.6) is 5.75 Å². The second-order valence-electron chi connectivity index (χ2n) is 5.43. The van der Waals surface area contributed by atoms with Crippen LogP contribution in [0.15, 0.2) is 47.0 Å². The molecule has 0 unspecified atom stereocenters. The molecule has 25 heavy (non-hydrogen) atoms. The molecule has 0 saturated carbocycles. The summed E-state index contributed by atoms with van der Waals surface area (Å²) in [5.74, 6) is 1.01. The van der Waals surface area contributed by atoms with Gasteiger partial charge >= 0.3 is 0 Å². The average molecular weight is 358 g/mol. The van der Waals surface area contributed by atoms with Crippen LogP contribution in [-0.2, 0) is 6.61 Å². The lowest BCUT2D eigenvalue weighted by atomic mass is 10.1. The van der Waals surface area contributed by atoms with Gasteiger partial charge in [-0.3, -0.25) is 4.79 Å². The lowest BCUT2D eigenvalue weighted by Gasteiger charge is -2.11. The summed E-state index contributed by atoms with van der Waals surface area (Å²) in [6.07, 6.45) is 0. The number of nitrogens with zero attached hydrogens (tertiary/aromatic N) is 2. The highest BCUT2D eigenvalue weighted by Crippen LogP contribution is 2.23. The number of amides is 1. The van der Waals surface area contributed by atoms with Gasteiger partial charge in [0.05, 0.1) is 5.56 Å². The first-order chi connectivity index (χ1) is 12.0. The molecule has 7 heteroatoms. The highest BCUT2D eigenvalue weighted by molar-refractivity contribution is 6.31. The van der Waals surface area contributed by atoms with E-state index >= 15 is 0 Å². The van der Waals surface area contributed by atoms with E-state index < -0.39 is 0 Å². The summed E-state index contributed by atoms with van der Waals surface area (Å²) in [6, 6.07) is 12.3. The van der Waals surface area contributed by atoms with Gasteiger partial charge in [0.15, 0.2) is 6.61 Å². The molecule has 0 bridgehead atoms. The summed E-state index contributed by atoms with van der Waals surface area (Å²) in [7, 11) is 0. The first kappa shape index (κ1) is 17.0. The maximum atomic E-state index is 12.6. The predicted octanol–water partition coefficient (Wildman–Crippen LogP) is 4.17. The quantitative estimate of drug-likeness (QED) is 0.741. The topological polar surface area (TPSA) is 77.2 Å². The SMILES string of the molecule is Cc1nc(COc2ccccc2C(=O)Nc2ccc(C)c(Cl)c2)no1. The Labute approximate surface area is 149 Å². The number of benzene rings is 2. The van der Waals surface area contributed by atoms with Crippen molar-refractivity contribution < 1.29 is 14.1 Å². The first-order valence-corrected chi connectivity index (χ1v) is 7.99. The summed E-state index contributed by atoms with van der Waals surface area (Å²) in [4.78, 5) is 16.6. The molecule has 1 amide bonds. The molecule has 0 fully saturated rings. The molecular formula is C18H16ClN3O3. The zero-order chi connectivity index (χ0) is 17.8. The Morgan fingerprint density at radius 3 is 2.76 bits per heavy atom. The number of hydrogen-bond donors (Lipinski definition) is 1. The number of anilines is 1. The summed E-state index contributed by atoms with van der Waals surface area (Å²) in [6.45, 7) is 3.71. The number of nitrogens with one attached hydrogen (secondary N) is 1. The van der Waals surface area contributed by atoms with E-state index in [2.05, 4.69) is 15.5 Å². The van der Waals surface area contributed by atoms with Crippen LogP contribution in [0.2, 0.25) is 5.02 Å². The monoisotopic (exact) mass is 357 g/mol. The molecule has 3 rings (SSSR count). The van der Waals surface area contributed by atoms with Crippen LogP contribution >= 0.6 is 11.6 Å². The first-order valence-electron chi connectivity index (χ1n) is 7.61. The minimum Gasteiger partial charge on any atom is -0.485 e. The van der Waals surface area contributed by atoms with E-state index in [-0.39, 0.29) is 12.5 Å². The van der Waals surface area contributed by atoms with Crippen LogP contribution < -0.4 is 10.1 Å². The Kier molecular flexibility index (Phi) is 5.00. The Morgan fingerprint density at radius 1 is 1.24 bits per heavy atom. The number of rotatable bonds is 5. The fraction of sp³-hybridized carbons (Fsp3) is 0.167. The number of aromatic nitrogens is 2. The number of aryl methyl sites for hydroxylation is 2. The maximum Gasteiger partial charge on any atom is 0.259 e. The molecule has 1 N–H and O–H groups in total. The van der Waals surface area contributed by atoms with Crippen LogP contribution in [-0.4, -0.2) is 16.0 Å². The number of para-hydroxylation sites is 1. The van der Waals surface area contributed by atoms with Gasteiger partial charge in [0, 0.05) is 17.6 Å². The van der Waals surface area contributed by atoms with Crippen LogP contribution in [0.1, 0.15) is 27.6 Å². The van der Waals surface area contributed by atoms with Crippen molar-refractivity contribution in [2.75, 3.05) is 5.32 Å². The van der Waals surface area contributed by atoms with Gasteiger partial charge in [0.2, 0.25) is 11.7 Å². The zero-order valence-electron chi connectivity index (χ0n) is 13.7. The second-order valence-corrected chi connectivity index (χ2v) is 5.84. The van der Waals surface area contributed by atoms with Crippen molar-refractivity contribution in [3.63, 3.8) is 0 Å². The standard InChI is InChI=1S/C18H16ClN3O3/c1-11-7-8-13(9-15(11)19)21-18(23)14-5-3-4-6-16(14)24-10-17-20-12(2)25-22-17/h3-9H,10H2,1-2H3,(H,21,23). The molecule has 128 valence electrons. The Morgan fingerprint density at radius 2 is 2.04 bits per heavy atom. The van der Waals surface area contributed by atoms with Crippen molar-refractivity contribution in [2.24, 2.45) is 0 Å². The van der Waals surface area contributed by atoms with Crippen molar-refractivity contribution in [3.05, 3.63) is 70.3 Å². The maximum absolute atomic E-state index is 12.6. The molecule has 1 aromatic heterocycles. The van der Waals surface area contributed by atoms with Crippen LogP contribution in [0.4, 0.5) is 5.69 Å². The van der Waals surface area contributed by atoms with Crippen LogP contribution in [0.3, 0.4) is 0 Å². The molecule has 0 atom stereocenters. The Hall–Kier alpha value is -2.86. The van der Waals surface area contributed by atoms with E-state index in [1.165, 1.54) is 0 Å². The molecule has 0 aliphatic heterocycles. The third-order valence-electron chi connectivity index (χ3n) is 3.49. The smallest absolute Gasteiger partial charge is 0.259 e. The number of carbonyl (C=O) groups excluding carboxylic acids is 1. The highest BCUT2D eigenvalue weighted by Gasteiger charge is 2.14. The van der Waals surface area contributed by atoms with Gasteiger partial charge in [0.25, 0.3) is 5.91 Å². The summed E-state index contributed by atoms with van der Waals surface area (Å²) < 4.78 is 10.6. The summed E-state index contributed by atoms with van der Waals surface area (Å²) in [5.41, 5.74) is 1.96. The minimum absolute atomic E-state index is 0.109. The van der Waals surface area contributed by atoms with Crippen molar-refractivity contribution in [1.29, 1.82) is 0 Å². The largest absolute Gasteiger partial charge is 0.485 e. The van der Waals surface area contributed by atoms with E-state index in [9.17, 15) is 4.79 Å². The molecular weight excluding hydrogens is 342 g/mol. The normalized spacial score (nSPS) is 10.5. The molecule has 0 radical (unpaired) electrons. The van der Waals surface area contributed by atoms with Crippen molar-refractivity contribution in [2.45, 2.75) is 20.5 Å². The number of carbonyl (C=O) groups is 1. The van der Waals surface area contributed by atoms with E-state index in [0.29, 0.717) is 33.7 Å². The molecule has 3 aromatic rings. The Bertz CT molecular complexity index is 908. The van der Waals surface area contributed by atoms with Crippen LogP contribution in [0.25, 0.3) is 0 Å². The van der Waals surface area contributed by atoms with Gasteiger partial charge in [-0.05, 0) is 36.8 Å². The van der Waals surface area contributed by atoms with Gasteiger partial charge in [-0.1, -0.05) is 35.0 Å². The highest BCUT2D eigenvalue weighted by atomic mass is 35.5. The predicted molar refractivity (Wildman–Crippen MR) is 94.0 cm³/mol. The minimum atomic E-state index is -0.292. The molecule has 0 aliphatic carbocycles. The van der Waals surface area contributed by atoms with Gasteiger partial charge < -0.3 is 14.6 Å². The van der Waals surface area contributed by atoms with Gasteiger partial charge in [-0.25, -0.2) is 0 Å². The number of ether oxygens (including phenoxy) is 1.